The first-order valence-corrected chi connectivity index (χ1v) is 8.25. The van der Waals surface area contributed by atoms with Crippen molar-refractivity contribution in [2.75, 3.05) is 10.6 Å². The van der Waals surface area contributed by atoms with Crippen molar-refractivity contribution in [1.82, 2.24) is 9.97 Å². The minimum atomic E-state index is -0.947. The molecule has 6 heteroatoms. The predicted molar refractivity (Wildman–Crippen MR) is 100 cm³/mol. The molecule has 0 bridgehead atoms. The van der Waals surface area contributed by atoms with E-state index < -0.39 is 11.6 Å². The maximum Gasteiger partial charge on any atom is 0.225 e. The molecule has 2 N–H and O–H groups in total. The predicted octanol–water partition coefficient (Wildman–Crippen LogP) is 5.38. The lowest BCUT2D eigenvalue weighted by molar-refractivity contribution is 0.511. The van der Waals surface area contributed by atoms with Crippen molar-refractivity contribution in [3.63, 3.8) is 0 Å². The Morgan fingerprint density at radius 1 is 0.885 bits per heavy atom. The van der Waals surface area contributed by atoms with Gasteiger partial charge in [0.25, 0.3) is 0 Å². The summed E-state index contributed by atoms with van der Waals surface area (Å²) in [6, 6.07) is 15.3. The van der Waals surface area contributed by atoms with Gasteiger partial charge < -0.3 is 10.6 Å². The fourth-order valence-electron chi connectivity index (χ4n) is 2.40. The molecule has 2 aromatic carbocycles. The van der Waals surface area contributed by atoms with Gasteiger partial charge in [-0.2, -0.15) is 4.98 Å². The summed E-state index contributed by atoms with van der Waals surface area (Å²) in [4.78, 5) is 8.93. The topological polar surface area (TPSA) is 49.8 Å². The van der Waals surface area contributed by atoms with Gasteiger partial charge in [-0.3, -0.25) is 0 Å². The van der Waals surface area contributed by atoms with Crippen LogP contribution in [0.25, 0.3) is 11.3 Å². The van der Waals surface area contributed by atoms with Crippen LogP contribution in [0.3, 0.4) is 0 Å². The number of anilines is 3. The summed E-state index contributed by atoms with van der Waals surface area (Å²) < 4.78 is 27.5. The first-order valence-electron chi connectivity index (χ1n) is 8.25. The zero-order valence-corrected chi connectivity index (χ0v) is 14.8. The molecule has 0 radical (unpaired) electrons. The Labute approximate surface area is 151 Å². The second-order valence-corrected chi connectivity index (χ2v) is 6.93. The molecule has 26 heavy (non-hydrogen) atoms. The Bertz CT molecular complexity index is 905. The highest BCUT2D eigenvalue weighted by Crippen LogP contribution is 2.26. The zero-order valence-electron chi connectivity index (χ0n) is 14.8. The maximum atomic E-state index is 14.0. The maximum absolute atomic E-state index is 14.0. The summed E-state index contributed by atoms with van der Waals surface area (Å²) in [5.41, 5.74) is 1.34. The Morgan fingerprint density at radius 3 is 2.31 bits per heavy atom. The van der Waals surface area contributed by atoms with Crippen molar-refractivity contribution in [1.29, 1.82) is 0 Å². The minimum Gasteiger partial charge on any atom is -0.350 e. The molecule has 0 saturated heterocycles. The van der Waals surface area contributed by atoms with Crippen LogP contribution in [0.4, 0.5) is 26.2 Å². The van der Waals surface area contributed by atoms with Crippen LogP contribution in [-0.4, -0.2) is 15.5 Å². The van der Waals surface area contributed by atoms with Crippen molar-refractivity contribution < 1.29 is 8.78 Å². The summed E-state index contributed by atoms with van der Waals surface area (Å²) in [6.45, 7) is 5.97. The monoisotopic (exact) mass is 354 g/mol. The molecule has 1 heterocycles. The van der Waals surface area contributed by atoms with Gasteiger partial charge in [-0.05, 0) is 32.9 Å². The molecule has 134 valence electrons. The van der Waals surface area contributed by atoms with E-state index in [0.29, 0.717) is 17.5 Å². The highest BCUT2D eigenvalue weighted by molar-refractivity contribution is 5.67. The number of hydrogen-bond donors (Lipinski definition) is 2. The van der Waals surface area contributed by atoms with E-state index >= 15 is 0 Å². The zero-order chi connectivity index (χ0) is 18.7. The van der Waals surface area contributed by atoms with E-state index in [-0.39, 0.29) is 11.2 Å². The Morgan fingerprint density at radius 2 is 1.62 bits per heavy atom. The average molecular weight is 354 g/mol. The first kappa shape index (κ1) is 17.8. The second-order valence-electron chi connectivity index (χ2n) is 6.93. The molecule has 0 aliphatic heterocycles. The average Bonchev–Trinajstić information content (AvgIpc) is 2.58. The van der Waals surface area contributed by atoms with Crippen LogP contribution >= 0.6 is 0 Å². The lowest BCUT2D eigenvalue weighted by atomic mass is 10.1. The largest absolute Gasteiger partial charge is 0.350 e. The van der Waals surface area contributed by atoms with Crippen LogP contribution in [0.2, 0.25) is 0 Å². The van der Waals surface area contributed by atoms with Crippen LogP contribution in [0.5, 0.6) is 0 Å². The Hall–Kier alpha value is -3.02. The summed E-state index contributed by atoms with van der Waals surface area (Å²) in [5.74, 6) is -1.09. The smallest absolute Gasteiger partial charge is 0.225 e. The van der Waals surface area contributed by atoms with Gasteiger partial charge in [0.1, 0.15) is 5.82 Å². The fraction of sp³-hybridized carbons (Fsp3) is 0.200. The third-order valence-corrected chi connectivity index (χ3v) is 3.50. The van der Waals surface area contributed by atoms with Crippen LogP contribution < -0.4 is 10.6 Å². The normalized spacial score (nSPS) is 11.3. The molecule has 1 aromatic heterocycles. The molecule has 0 atom stereocenters. The summed E-state index contributed by atoms with van der Waals surface area (Å²) >= 11 is 0. The van der Waals surface area contributed by atoms with Crippen LogP contribution in [0, 0.1) is 11.6 Å². The van der Waals surface area contributed by atoms with Crippen molar-refractivity contribution >= 4 is 17.5 Å². The SMILES string of the molecule is CC(C)(C)Nc1nc(Nc2cccc(F)c2F)cc(-c2ccccc2)n1. The van der Waals surface area contributed by atoms with E-state index in [9.17, 15) is 8.78 Å². The number of rotatable bonds is 4. The number of nitrogens with zero attached hydrogens (tertiary/aromatic N) is 2. The molecule has 0 aliphatic carbocycles. The lowest BCUT2D eigenvalue weighted by Gasteiger charge is -2.21. The molecule has 3 aromatic rings. The Kier molecular flexibility index (Phi) is 4.84. The standard InChI is InChI=1S/C20H20F2N4/c1-20(2,3)26-19-24-16(13-8-5-4-6-9-13)12-17(25-19)23-15-11-7-10-14(21)18(15)22/h4-12H,1-3H3,(H2,23,24,25,26). The van der Waals surface area contributed by atoms with Crippen molar-refractivity contribution in [2.24, 2.45) is 0 Å². The van der Waals surface area contributed by atoms with Crippen molar-refractivity contribution in [3.05, 3.63) is 66.2 Å². The molecule has 3 rings (SSSR count). The molecule has 4 nitrogen and oxygen atoms in total. The number of benzene rings is 2. The molecule has 0 fully saturated rings. The fourth-order valence-corrected chi connectivity index (χ4v) is 2.40. The third kappa shape index (κ3) is 4.33. The van der Waals surface area contributed by atoms with Gasteiger partial charge in [-0.1, -0.05) is 36.4 Å². The van der Waals surface area contributed by atoms with Crippen molar-refractivity contribution in [2.45, 2.75) is 26.3 Å². The van der Waals surface area contributed by atoms with Crippen molar-refractivity contribution in [3.8, 4) is 11.3 Å². The molecule has 0 saturated carbocycles. The van der Waals surface area contributed by atoms with E-state index in [4.69, 9.17) is 0 Å². The van der Waals surface area contributed by atoms with Crippen LogP contribution in [0.1, 0.15) is 20.8 Å². The quantitative estimate of drug-likeness (QED) is 0.661. The molecular weight excluding hydrogens is 334 g/mol. The van der Waals surface area contributed by atoms with Gasteiger partial charge in [0.15, 0.2) is 11.6 Å². The number of aromatic nitrogens is 2. The highest BCUT2D eigenvalue weighted by atomic mass is 19.2. The van der Waals surface area contributed by atoms with Crippen LogP contribution in [0.15, 0.2) is 54.6 Å². The minimum absolute atomic E-state index is 0.0180. The summed E-state index contributed by atoms with van der Waals surface area (Å²) in [7, 11) is 0. The highest BCUT2D eigenvalue weighted by Gasteiger charge is 2.15. The third-order valence-electron chi connectivity index (χ3n) is 3.50. The van der Waals surface area contributed by atoms with Gasteiger partial charge in [0.05, 0.1) is 11.4 Å². The number of halogens is 2. The van der Waals surface area contributed by atoms with E-state index in [0.717, 1.165) is 11.6 Å². The molecule has 0 unspecified atom stereocenters. The van der Waals surface area contributed by atoms with E-state index in [2.05, 4.69) is 20.6 Å². The number of hydrogen-bond acceptors (Lipinski definition) is 4. The van der Waals surface area contributed by atoms with Gasteiger partial charge >= 0.3 is 0 Å². The molecular formula is C20H20F2N4. The lowest BCUT2D eigenvalue weighted by Crippen LogP contribution is -2.27. The van der Waals surface area contributed by atoms with Crippen LogP contribution in [-0.2, 0) is 0 Å². The van der Waals surface area contributed by atoms with E-state index in [1.165, 1.54) is 12.1 Å². The Balaban J connectivity index is 2.03. The summed E-state index contributed by atoms with van der Waals surface area (Å²) in [6.07, 6.45) is 0. The molecule has 0 amide bonds. The van der Waals surface area contributed by atoms with Gasteiger partial charge in [-0.25, -0.2) is 13.8 Å². The van der Waals surface area contributed by atoms with E-state index in [1.807, 2.05) is 51.1 Å². The second kappa shape index (κ2) is 7.07. The van der Waals surface area contributed by atoms with Gasteiger partial charge in [0, 0.05) is 17.2 Å². The molecule has 0 aliphatic rings. The summed E-state index contributed by atoms with van der Waals surface area (Å²) in [5, 5.41) is 6.06. The van der Waals surface area contributed by atoms with Gasteiger partial charge in [0.2, 0.25) is 5.95 Å². The van der Waals surface area contributed by atoms with Gasteiger partial charge in [-0.15, -0.1) is 0 Å². The first-order chi connectivity index (χ1) is 12.3. The van der Waals surface area contributed by atoms with E-state index in [1.54, 1.807) is 6.07 Å². The number of nitrogens with one attached hydrogen (secondary N) is 2. The molecule has 0 spiro atoms.